The molecule has 2 atom stereocenters. The van der Waals surface area contributed by atoms with Crippen LogP contribution in [-0.4, -0.2) is 47.1 Å². The molecule has 126 valence electrons. The maximum absolute atomic E-state index is 12.4. The van der Waals surface area contributed by atoms with E-state index in [0.29, 0.717) is 6.42 Å². The van der Waals surface area contributed by atoms with Crippen molar-refractivity contribution in [2.24, 2.45) is 0 Å². The van der Waals surface area contributed by atoms with Gasteiger partial charge in [0.2, 0.25) is 5.91 Å². The van der Waals surface area contributed by atoms with Gasteiger partial charge in [-0.25, -0.2) is 4.79 Å². The van der Waals surface area contributed by atoms with Crippen molar-refractivity contribution < 1.29 is 14.7 Å². The predicted molar refractivity (Wildman–Crippen MR) is 89.2 cm³/mol. The highest BCUT2D eigenvalue weighted by atomic mass is 16.4. The summed E-state index contributed by atoms with van der Waals surface area (Å²) in [5, 5.41) is 12.1. The first-order valence-electron chi connectivity index (χ1n) is 8.39. The van der Waals surface area contributed by atoms with Crippen molar-refractivity contribution in [3.8, 4) is 0 Å². The molecule has 1 aromatic carbocycles. The van der Waals surface area contributed by atoms with E-state index in [1.165, 1.54) is 12.8 Å². The van der Waals surface area contributed by atoms with Crippen LogP contribution in [0.3, 0.4) is 0 Å². The van der Waals surface area contributed by atoms with Crippen LogP contribution in [0.25, 0.3) is 0 Å². The van der Waals surface area contributed by atoms with Crippen molar-refractivity contribution in [1.82, 2.24) is 10.2 Å². The number of hydrogen-bond donors (Lipinski definition) is 2. The molecule has 1 amide bonds. The minimum absolute atomic E-state index is 0.199. The van der Waals surface area contributed by atoms with Gasteiger partial charge in [-0.1, -0.05) is 43.2 Å². The van der Waals surface area contributed by atoms with E-state index >= 15 is 0 Å². The average Bonchev–Trinajstić information content (AvgIpc) is 2.83. The maximum atomic E-state index is 12.4. The van der Waals surface area contributed by atoms with Crippen LogP contribution in [0.4, 0.5) is 0 Å². The van der Waals surface area contributed by atoms with Crippen molar-refractivity contribution in [2.75, 3.05) is 13.1 Å². The first-order valence-corrected chi connectivity index (χ1v) is 8.39. The first-order chi connectivity index (χ1) is 11.1. The van der Waals surface area contributed by atoms with Crippen LogP contribution in [0.15, 0.2) is 30.3 Å². The summed E-state index contributed by atoms with van der Waals surface area (Å²) in [6.45, 7) is 3.68. The van der Waals surface area contributed by atoms with E-state index in [1.54, 1.807) is 0 Å². The van der Waals surface area contributed by atoms with E-state index in [1.807, 2.05) is 37.3 Å². The Morgan fingerprint density at radius 3 is 2.30 bits per heavy atom. The van der Waals surface area contributed by atoms with Crippen LogP contribution in [0, 0.1) is 0 Å². The molecule has 1 fully saturated rings. The molecule has 1 unspecified atom stereocenters. The zero-order chi connectivity index (χ0) is 16.7. The molecule has 1 aromatic rings. The van der Waals surface area contributed by atoms with Crippen molar-refractivity contribution in [3.05, 3.63) is 35.9 Å². The van der Waals surface area contributed by atoms with Crippen LogP contribution in [0.2, 0.25) is 0 Å². The Kier molecular flexibility index (Phi) is 6.59. The Balaban J connectivity index is 1.95. The number of nitrogens with zero attached hydrogens (tertiary/aromatic N) is 1. The Labute approximate surface area is 137 Å². The van der Waals surface area contributed by atoms with Gasteiger partial charge in [0.05, 0.1) is 6.04 Å². The van der Waals surface area contributed by atoms with Crippen LogP contribution in [0.1, 0.15) is 38.2 Å². The van der Waals surface area contributed by atoms with Gasteiger partial charge in [0.25, 0.3) is 0 Å². The van der Waals surface area contributed by atoms with Gasteiger partial charge < -0.3 is 10.4 Å². The topological polar surface area (TPSA) is 69.6 Å². The monoisotopic (exact) mass is 318 g/mol. The van der Waals surface area contributed by atoms with Gasteiger partial charge in [0, 0.05) is 6.42 Å². The summed E-state index contributed by atoms with van der Waals surface area (Å²) in [6, 6.07) is 8.20. The molecule has 5 nitrogen and oxygen atoms in total. The molecule has 0 saturated carbocycles. The summed E-state index contributed by atoms with van der Waals surface area (Å²) in [5.41, 5.74) is 0.905. The number of carbonyl (C=O) groups is 2. The molecule has 23 heavy (non-hydrogen) atoms. The number of amides is 1. The van der Waals surface area contributed by atoms with Gasteiger partial charge in [-0.05, 0) is 38.4 Å². The summed E-state index contributed by atoms with van der Waals surface area (Å²) in [4.78, 5) is 26.1. The molecule has 0 radical (unpaired) electrons. The number of likely N-dealkylation sites (tertiary alicyclic amines) is 1. The third kappa shape index (κ3) is 5.36. The smallest absolute Gasteiger partial charge is 0.326 e. The number of hydrogen-bond acceptors (Lipinski definition) is 3. The maximum Gasteiger partial charge on any atom is 0.326 e. The molecule has 0 aliphatic carbocycles. The molecule has 0 spiro atoms. The minimum Gasteiger partial charge on any atom is -0.480 e. The molecule has 5 heteroatoms. The standard InChI is InChI=1S/C18H26N2O3/c1-14(20-11-7-2-3-8-12-20)17(21)19-16(18(22)23)13-15-9-5-4-6-10-15/h4-6,9-10,14,16H,2-3,7-8,11-13H2,1H3,(H,19,21)(H,22,23)/t14?,16-/m1/s1. The highest BCUT2D eigenvalue weighted by Crippen LogP contribution is 2.13. The lowest BCUT2D eigenvalue weighted by atomic mass is 10.1. The number of rotatable bonds is 6. The summed E-state index contributed by atoms with van der Waals surface area (Å²) in [7, 11) is 0. The van der Waals surface area contributed by atoms with Crippen LogP contribution in [-0.2, 0) is 16.0 Å². The number of carbonyl (C=O) groups excluding carboxylic acids is 1. The van der Waals surface area contributed by atoms with E-state index in [0.717, 1.165) is 31.5 Å². The number of aliphatic carboxylic acids is 1. The average molecular weight is 318 g/mol. The molecule has 1 aliphatic rings. The molecule has 1 aliphatic heterocycles. The molecule has 0 bridgehead atoms. The number of carboxylic acid groups (broad SMARTS) is 1. The predicted octanol–water partition coefficient (Wildman–Crippen LogP) is 2.06. The Hall–Kier alpha value is -1.88. The zero-order valence-corrected chi connectivity index (χ0v) is 13.7. The van der Waals surface area contributed by atoms with Crippen LogP contribution >= 0.6 is 0 Å². The number of nitrogens with one attached hydrogen (secondary N) is 1. The third-order valence-electron chi connectivity index (χ3n) is 4.47. The lowest BCUT2D eigenvalue weighted by Gasteiger charge is -2.27. The van der Waals surface area contributed by atoms with E-state index in [4.69, 9.17) is 0 Å². The third-order valence-corrected chi connectivity index (χ3v) is 4.47. The second-order valence-electron chi connectivity index (χ2n) is 6.22. The van der Waals surface area contributed by atoms with Gasteiger partial charge >= 0.3 is 5.97 Å². The van der Waals surface area contributed by atoms with Gasteiger partial charge in [0.1, 0.15) is 6.04 Å². The SMILES string of the molecule is CC(C(=O)N[C@H](Cc1ccccc1)C(=O)O)N1CCCCCC1. The normalized spacial score (nSPS) is 18.7. The van der Waals surface area contributed by atoms with E-state index in [9.17, 15) is 14.7 Å². The molecule has 1 heterocycles. The minimum atomic E-state index is -0.995. The summed E-state index contributed by atoms with van der Waals surface area (Å²) < 4.78 is 0. The lowest BCUT2D eigenvalue weighted by molar-refractivity contribution is -0.142. The van der Waals surface area contributed by atoms with Crippen molar-refractivity contribution >= 4 is 11.9 Å². The Morgan fingerprint density at radius 1 is 1.13 bits per heavy atom. The molecule has 1 saturated heterocycles. The van der Waals surface area contributed by atoms with Crippen molar-refractivity contribution in [2.45, 2.75) is 51.1 Å². The highest BCUT2D eigenvalue weighted by Gasteiger charge is 2.26. The number of benzene rings is 1. The Morgan fingerprint density at radius 2 is 1.74 bits per heavy atom. The second-order valence-corrected chi connectivity index (χ2v) is 6.22. The van der Waals surface area contributed by atoms with Gasteiger partial charge in [-0.2, -0.15) is 0 Å². The Bertz CT molecular complexity index is 510. The molecule has 2 rings (SSSR count). The number of carboxylic acids is 1. The van der Waals surface area contributed by atoms with E-state index < -0.39 is 12.0 Å². The molecular weight excluding hydrogens is 292 g/mol. The molecule has 2 N–H and O–H groups in total. The quantitative estimate of drug-likeness (QED) is 0.842. The van der Waals surface area contributed by atoms with Gasteiger partial charge in [-0.15, -0.1) is 0 Å². The fourth-order valence-corrected chi connectivity index (χ4v) is 2.99. The molecular formula is C18H26N2O3. The summed E-state index contributed by atoms with van der Waals surface area (Å²) in [6.07, 6.45) is 4.91. The first kappa shape index (κ1) is 17.5. The molecule has 0 aromatic heterocycles. The van der Waals surface area contributed by atoms with E-state index in [2.05, 4.69) is 10.2 Å². The lowest BCUT2D eigenvalue weighted by Crippen LogP contribution is -2.51. The van der Waals surface area contributed by atoms with Crippen LogP contribution in [0.5, 0.6) is 0 Å². The van der Waals surface area contributed by atoms with Crippen LogP contribution < -0.4 is 5.32 Å². The summed E-state index contributed by atoms with van der Waals surface area (Å²) in [5.74, 6) is -1.19. The highest BCUT2D eigenvalue weighted by molar-refractivity contribution is 5.86. The second kappa shape index (κ2) is 8.67. The van der Waals surface area contributed by atoms with Gasteiger partial charge in [-0.3, -0.25) is 9.69 Å². The zero-order valence-electron chi connectivity index (χ0n) is 13.7. The van der Waals surface area contributed by atoms with Gasteiger partial charge in [0.15, 0.2) is 0 Å². The van der Waals surface area contributed by atoms with Crippen molar-refractivity contribution in [1.29, 1.82) is 0 Å². The fourth-order valence-electron chi connectivity index (χ4n) is 2.99. The largest absolute Gasteiger partial charge is 0.480 e. The van der Waals surface area contributed by atoms with E-state index in [-0.39, 0.29) is 11.9 Å². The fraction of sp³-hybridized carbons (Fsp3) is 0.556. The van der Waals surface area contributed by atoms with Crippen molar-refractivity contribution in [3.63, 3.8) is 0 Å². The summed E-state index contributed by atoms with van der Waals surface area (Å²) >= 11 is 0.